The Balaban J connectivity index is 2.05. The van der Waals surface area contributed by atoms with Gasteiger partial charge in [-0.2, -0.15) is 0 Å². The summed E-state index contributed by atoms with van der Waals surface area (Å²) in [5, 5.41) is 3.29. The third-order valence-electron chi connectivity index (χ3n) is 5.23. The number of nitrogens with one attached hydrogen (secondary N) is 1. The molecule has 1 aliphatic carbocycles. The van der Waals surface area contributed by atoms with Gasteiger partial charge in [0.2, 0.25) is 5.91 Å². The van der Waals surface area contributed by atoms with E-state index in [0.29, 0.717) is 19.1 Å². The van der Waals surface area contributed by atoms with E-state index < -0.39 is 5.41 Å². The molecule has 2 fully saturated rings. The maximum Gasteiger partial charge on any atom is 0.230 e. The molecule has 3 N–H and O–H groups in total. The van der Waals surface area contributed by atoms with E-state index in [0.717, 1.165) is 6.42 Å². The highest BCUT2D eigenvalue weighted by Gasteiger charge is 2.46. The van der Waals surface area contributed by atoms with Crippen molar-refractivity contribution in [3.8, 4) is 0 Å². The van der Waals surface area contributed by atoms with Crippen molar-refractivity contribution in [2.45, 2.75) is 65.5 Å². The molecule has 116 valence electrons. The molecule has 4 heteroatoms. The van der Waals surface area contributed by atoms with Gasteiger partial charge in [-0.15, -0.1) is 0 Å². The minimum atomic E-state index is -0.570. The average molecular weight is 282 g/mol. The molecule has 0 radical (unpaired) electrons. The number of carbonyl (C=O) groups is 1. The van der Waals surface area contributed by atoms with Gasteiger partial charge in [-0.3, -0.25) is 4.79 Å². The summed E-state index contributed by atoms with van der Waals surface area (Å²) in [6.45, 7) is 9.66. The Labute approximate surface area is 122 Å². The molecule has 4 atom stereocenters. The number of hydrogen-bond acceptors (Lipinski definition) is 3. The molecule has 0 aromatic carbocycles. The summed E-state index contributed by atoms with van der Waals surface area (Å²) in [5.41, 5.74) is 5.71. The minimum absolute atomic E-state index is 0.0728. The fourth-order valence-corrected chi connectivity index (χ4v) is 3.60. The third-order valence-corrected chi connectivity index (χ3v) is 5.23. The summed E-state index contributed by atoms with van der Waals surface area (Å²) in [6, 6.07) is 0.0834. The molecule has 1 heterocycles. The van der Waals surface area contributed by atoms with Crippen molar-refractivity contribution in [3.05, 3.63) is 0 Å². The first-order valence-electron chi connectivity index (χ1n) is 7.89. The van der Waals surface area contributed by atoms with Crippen LogP contribution in [-0.4, -0.2) is 31.2 Å². The lowest BCUT2D eigenvalue weighted by Crippen LogP contribution is -2.55. The SMILES string of the molecule is CC(C)(C)C1CCCCC1NC(=O)C1(C)COCC1N. The molecule has 0 aromatic rings. The van der Waals surface area contributed by atoms with Crippen molar-refractivity contribution >= 4 is 5.91 Å². The van der Waals surface area contributed by atoms with Crippen molar-refractivity contribution in [1.82, 2.24) is 5.32 Å². The van der Waals surface area contributed by atoms with Gasteiger partial charge in [0.05, 0.1) is 18.6 Å². The number of nitrogens with two attached hydrogens (primary N) is 1. The number of carbonyl (C=O) groups excluding carboxylic acids is 1. The highest BCUT2D eigenvalue weighted by Crippen LogP contribution is 2.38. The van der Waals surface area contributed by atoms with Crippen LogP contribution in [0.25, 0.3) is 0 Å². The van der Waals surface area contributed by atoms with Crippen LogP contribution in [0.15, 0.2) is 0 Å². The van der Waals surface area contributed by atoms with Crippen LogP contribution in [0.2, 0.25) is 0 Å². The molecule has 4 unspecified atom stereocenters. The highest BCUT2D eigenvalue weighted by atomic mass is 16.5. The van der Waals surface area contributed by atoms with Crippen molar-refractivity contribution in [2.75, 3.05) is 13.2 Å². The predicted molar refractivity (Wildman–Crippen MR) is 80.2 cm³/mol. The standard InChI is InChI=1S/C16H30N2O2/c1-15(2,3)11-7-5-6-8-12(11)18-14(19)16(4)10-20-9-13(16)17/h11-13H,5-10,17H2,1-4H3,(H,18,19). The quantitative estimate of drug-likeness (QED) is 0.815. The average Bonchev–Trinajstić information content (AvgIpc) is 2.70. The molecule has 0 bridgehead atoms. The number of amides is 1. The second-order valence-electron chi connectivity index (χ2n) is 7.88. The van der Waals surface area contributed by atoms with Gasteiger partial charge in [0.25, 0.3) is 0 Å². The normalized spacial score (nSPS) is 38.8. The molecule has 0 aromatic heterocycles. The van der Waals surface area contributed by atoms with Crippen molar-refractivity contribution in [3.63, 3.8) is 0 Å². The van der Waals surface area contributed by atoms with Gasteiger partial charge in [0.15, 0.2) is 0 Å². The maximum absolute atomic E-state index is 12.6. The molecule has 20 heavy (non-hydrogen) atoms. The lowest BCUT2D eigenvalue weighted by Gasteiger charge is -2.42. The molecular formula is C16H30N2O2. The van der Waals surface area contributed by atoms with Crippen molar-refractivity contribution in [1.29, 1.82) is 0 Å². The van der Waals surface area contributed by atoms with Crippen LogP contribution in [0.5, 0.6) is 0 Å². The minimum Gasteiger partial charge on any atom is -0.379 e. The summed E-state index contributed by atoms with van der Waals surface area (Å²) in [7, 11) is 0. The predicted octanol–water partition coefficient (Wildman–Crippen LogP) is 2.07. The molecule has 0 spiro atoms. The monoisotopic (exact) mass is 282 g/mol. The van der Waals surface area contributed by atoms with E-state index in [9.17, 15) is 4.79 Å². The van der Waals surface area contributed by atoms with Crippen molar-refractivity contribution in [2.24, 2.45) is 22.5 Å². The van der Waals surface area contributed by atoms with E-state index in [-0.39, 0.29) is 23.4 Å². The molecule has 1 saturated carbocycles. The Morgan fingerprint density at radius 1 is 1.30 bits per heavy atom. The van der Waals surface area contributed by atoms with Crippen LogP contribution >= 0.6 is 0 Å². The molecule has 1 amide bonds. The third kappa shape index (κ3) is 3.01. The first kappa shape index (κ1) is 15.8. The van der Waals surface area contributed by atoms with E-state index in [2.05, 4.69) is 26.1 Å². The highest BCUT2D eigenvalue weighted by molar-refractivity contribution is 5.84. The zero-order valence-electron chi connectivity index (χ0n) is 13.4. The zero-order valence-corrected chi connectivity index (χ0v) is 13.4. The fraction of sp³-hybridized carbons (Fsp3) is 0.938. The molecule has 2 rings (SSSR count). The molecule has 1 aliphatic heterocycles. The van der Waals surface area contributed by atoms with Crippen LogP contribution in [0.4, 0.5) is 0 Å². The summed E-state index contributed by atoms with van der Waals surface area (Å²) in [6.07, 6.45) is 4.76. The van der Waals surface area contributed by atoms with E-state index in [4.69, 9.17) is 10.5 Å². The second kappa shape index (κ2) is 5.64. The van der Waals surface area contributed by atoms with Gasteiger partial charge in [-0.25, -0.2) is 0 Å². The largest absolute Gasteiger partial charge is 0.379 e. The number of hydrogen-bond donors (Lipinski definition) is 2. The van der Waals surface area contributed by atoms with E-state index >= 15 is 0 Å². The molecule has 1 saturated heterocycles. The zero-order chi connectivity index (χ0) is 15.0. The Morgan fingerprint density at radius 3 is 2.50 bits per heavy atom. The summed E-state index contributed by atoms with van der Waals surface area (Å²) in [4.78, 5) is 12.6. The Bertz CT molecular complexity index is 364. The van der Waals surface area contributed by atoms with E-state index in [1.54, 1.807) is 0 Å². The van der Waals surface area contributed by atoms with Gasteiger partial charge in [-0.1, -0.05) is 33.6 Å². The van der Waals surface area contributed by atoms with Crippen molar-refractivity contribution < 1.29 is 9.53 Å². The number of rotatable bonds is 2. The smallest absolute Gasteiger partial charge is 0.230 e. The van der Waals surface area contributed by atoms with Gasteiger partial charge < -0.3 is 15.8 Å². The lowest BCUT2D eigenvalue weighted by atomic mass is 9.69. The number of ether oxygens (including phenoxy) is 1. The molecule has 2 aliphatic rings. The summed E-state index contributed by atoms with van der Waals surface area (Å²) >= 11 is 0. The Kier molecular flexibility index (Phi) is 4.45. The Hall–Kier alpha value is -0.610. The van der Waals surface area contributed by atoms with Crippen LogP contribution in [0, 0.1) is 16.7 Å². The van der Waals surface area contributed by atoms with Gasteiger partial charge in [-0.05, 0) is 31.1 Å². The second-order valence-corrected chi connectivity index (χ2v) is 7.88. The van der Waals surface area contributed by atoms with Gasteiger partial charge >= 0.3 is 0 Å². The van der Waals surface area contributed by atoms with Crippen LogP contribution in [0.1, 0.15) is 53.4 Å². The first-order valence-corrected chi connectivity index (χ1v) is 7.89. The lowest BCUT2D eigenvalue weighted by molar-refractivity contribution is -0.132. The van der Waals surface area contributed by atoms with Crippen LogP contribution in [0.3, 0.4) is 0 Å². The van der Waals surface area contributed by atoms with Gasteiger partial charge in [0.1, 0.15) is 0 Å². The van der Waals surface area contributed by atoms with Gasteiger partial charge in [0, 0.05) is 12.1 Å². The Morgan fingerprint density at radius 2 is 1.95 bits per heavy atom. The van der Waals surface area contributed by atoms with Crippen LogP contribution in [-0.2, 0) is 9.53 Å². The summed E-state index contributed by atoms with van der Waals surface area (Å²) < 4.78 is 5.39. The molecule has 4 nitrogen and oxygen atoms in total. The topological polar surface area (TPSA) is 64.3 Å². The molecular weight excluding hydrogens is 252 g/mol. The fourth-order valence-electron chi connectivity index (χ4n) is 3.60. The van der Waals surface area contributed by atoms with Crippen LogP contribution < -0.4 is 11.1 Å². The van der Waals surface area contributed by atoms with E-state index in [1.807, 2.05) is 6.92 Å². The maximum atomic E-state index is 12.6. The van der Waals surface area contributed by atoms with E-state index in [1.165, 1.54) is 19.3 Å². The summed E-state index contributed by atoms with van der Waals surface area (Å²) in [5.74, 6) is 0.617. The first-order chi connectivity index (χ1) is 9.25.